The predicted molar refractivity (Wildman–Crippen MR) is 93.9 cm³/mol. The molecule has 21 heavy (non-hydrogen) atoms. The predicted octanol–water partition coefficient (Wildman–Crippen LogP) is 3.37. The topological polar surface area (TPSA) is 52.0 Å². The Labute approximate surface area is 139 Å². The zero-order chi connectivity index (χ0) is 15.7. The zero-order valence-electron chi connectivity index (χ0n) is 12.4. The third-order valence-corrected chi connectivity index (χ3v) is 6.87. The van der Waals surface area contributed by atoms with E-state index in [9.17, 15) is 8.42 Å². The van der Waals surface area contributed by atoms with E-state index in [0.29, 0.717) is 6.54 Å². The van der Waals surface area contributed by atoms with Crippen LogP contribution in [0.3, 0.4) is 0 Å². The second kappa shape index (κ2) is 6.08. The van der Waals surface area contributed by atoms with Crippen molar-refractivity contribution in [2.45, 2.75) is 32.1 Å². The van der Waals surface area contributed by atoms with Crippen LogP contribution >= 0.6 is 22.6 Å². The van der Waals surface area contributed by atoms with Gasteiger partial charge in [0, 0.05) is 15.3 Å². The van der Waals surface area contributed by atoms with Crippen LogP contribution in [0.5, 0.6) is 0 Å². The first-order valence-electron chi connectivity index (χ1n) is 6.70. The van der Waals surface area contributed by atoms with E-state index in [-0.39, 0.29) is 5.75 Å². The number of halogens is 1. The number of benzene rings is 1. The quantitative estimate of drug-likeness (QED) is 0.716. The monoisotopic (exact) mass is 418 g/mol. The molecule has 1 aromatic carbocycles. The van der Waals surface area contributed by atoms with E-state index in [4.69, 9.17) is 0 Å². The van der Waals surface area contributed by atoms with E-state index in [2.05, 4.69) is 27.7 Å². The number of hydrogen-bond donors (Lipinski definition) is 0. The second-order valence-corrected chi connectivity index (χ2v) is 9.93. The lowest BCUT2D eigenvalue weighted by molar-refractivity contribution is 0.548. The van der Waals surface area contributed by atoms with Crippen molar-refractivity contribution >= 4 is 32.4 Å². The molecule has 0 aliphatic heterocycles. The Hall–Kier alpha value is -0.890. The molecular weight excluding hydrogens is 399 g/mol. The molecule has 0 unspecified atom stereocenters. The van der Waals surface area contributed by atoms with Gasteiger partial charge in [-0.3, -0.25) is 4.68 Å². The molecule has 2 aromatic rings. The van der Waals surface area contributed by atoms with Gasteiger partial charge in [-0.2, -0.15) is 5.10 Å². The zero-order valence-corrected chi connectivity index (χ0v) is 15.3. The molecule has 0 saturated heterocycles. The highest BCUT2D eigenvalue weighted by Crippen LogP contribution is 2.24. The molecule has 0 atom stereocenters. The lowest BCUT2D eigenvalue weighted by Gasteiger charge is -2.18. The van der Waals surface area contributed by atoms with Crippen LogP contribution in [-0.4, -0.2) is 28.7 Å². The normalized spacial score (nSPS) is 12.6. The third kappa shape index (κ3) is 3.85. The first-order valence-corrected chi connectivity index (χ1v) is 9.43. The van der Waals surface area contributed by atoms with Crippen LogP contribution in [0.25, 0.3) is 11.1 Å². The van der Waals surface area contributed by atoms with Gasteiger partial charge in [0.2, 0.25) is 0 Å². The Morgan fingerprint density at radius 3 is 2.52 bits per heavy atom. The first-order chi connectivity index (χ1) is 9.71. The highest BCUT2D eigenvalue weighted by Gasteiger charge is 2.28. The summed E-state index contributed by atoms with van der Waals surface area (Å²) in [6.07, 6.45) is 3.68. The minimum Gasteiger partial charge on any atom is -0.271 e. The van der Waals surface area contributed by atoms with Crippen molar-refractivity contribution in [1.29, 1.82) is 0 Å². The van der Waals surface area contributed by atoms with Crippen LogP contribution in [0.4, 0.5) is 0 Å². The molecule has 0 N–H and O–H groups in total. The van der Waals surface area contributed by atoms with Gasteiger partial charge in [0.25, 0.3) is 0 Å². The van der Waals surface area contributed by atoms with E-state index < -0.39 is 14.6 Å². The maximum atomic E-state index is 12.1. The van der Waals surface area contributed by atoms with Gasteiger partial charge in [-0.15, -0.1) is 0 Å². The van der Waals surface area contributed by atoms with Gasteiger partial charge < -0.3 is 0 Å². The fraction of sp³-hybridized carbons (Fsp3) is 0.400. The average Bonchev–Trinajstić information content (AvgIpc) is 2.84. The molecular formula is C15H19IN2O2S. The number of hydrogen-bond acceptors (Lipinski definition) is 3. The highest BCUT2D eigenvalue weighted by atomic mass is 127. The lowest BCUT2D eigenvalue weighted by Crippen LogP contribution is -2.32. The SMILES string of the molecule is CC(C)(C)S(=O)(=O)CCn1cc(-c2ccccc2I)cn1. The molecule has 0 spiro atoms. The molecule has 0 aliphatic carbocycles. The van der Waals surface area contributed by atoms with E-state index in [0.717, 1.165) is 14.7 Å². The third-order valence-electron chi connectivity index (χ3n) is 3.34. The summed E-state index contributed by atoms with van der Waals surface area (Å²) < 4.78 is 26.3. The fourth-order valence-corrected chi connectivity index (χ4v) is 3.58. The van der Waals surface area contributed by atoms with Crippen LogP contribution in [-0.2, 0) is 16.4 Å². The highest BCUT2D eigenvalue weighted by molar-refractivity contribution is 14.1. The molecule has 0 saturated carbocycles. The minimum atomic E-state index is -3.12. The largest absolute Gasteiger partial charge is 0.271 e. The summed E-state index contributed by atoms with van der Waals surface area (Å²) in [5.41, 5.74) is 2.12. The van der Waals surface area contributed by atoms with Crippen LogP contribution < -0.4 is 0 Å². The summed E-state index contributed by atoms with van der Waals surface area (Å²) in [7, 11) is -3.12. The molecule has 2 rings (SSSR count). The maximum absolute atomic E-state index is 12.1. The molecule has 0 amide bonds. The Kier molecular flexibility index (Phi) is 4.77. The van der Waals surface area contributed by atoms with Gasteiger partial charge in [0.15, 0.2) is 9.84 Å². The van der Waals surface area contributed by atoms with Gasteiger partial charge in [0.05, 0.1) is 23.2 Å². The molecule has 114 valence electrons. The fourth-order valence-electron chi connectivity index (χ4n) is 1.84. The second-order valence-electron chi connectivity index (χ2n) is 5.90. The van der Waals surface area contributed by atoms with Gasteiger partial charge in [-0.1, -0.05) is 18.2 Å². The summed E-state index contributed by atoms with van der Waals surface area (Å²) in [5, 5.41) is 4.27. The summed E-state index contributed by atoms with van der Waals surface area (Å²) in [6, 6.07) is 8.05. The summed E-state index contributed by atoms with van der Waals surface area (Å²) in [6.45, 7) is 5.55. The first kappa shape index (κ1) is 16.5. The van der Waals surface area contributed by atoms with Crippen LogP contribution in [0, 0.1) is 3.57 Å². The molecule has 0 bridgehead atoms. The molecule has 6 heteroatoms. The van der Waals surface area contributed by atoms with E-state index in [1.807, 2.05) is 30.5 Å². The van der Waals surface area contributed by atoms with E-state index in [1.54, 1.807) is 31.6 Å². The van der Waals surface area contributed by atoms with E-state index >= 15 is 0 Å². The van der Waals surface area contributed by atoms with Gasteiger partial charge >= 0.3 is 0 Å². The lowest BCUT2D eigenvalue weighted by atomic mass is 10.1. The number of sulfone groups is 1. The summed E-state index contributed by atoms with van der Waals surface area (Å²) in [4.78, 5) is 0. The van der Waals surface area contributed by atoms with Crippen molar-refractivity contribution in [3.8, 4) is 11.1 Å². The van der Waals surface area contributed by atoms with Crippen molar-refractivity contribution in [1.82, 2.24) is 9.78 Å². The molecule has 1 heterocycles. The molecule has 4 nitrogen and oxygen atoms in total. The van der Waals surface area contributed by atoms with Crippen molar-refractivity contribution in [3.05, 3.63) is 40.2 Å². The number of aromatic nitrogens is 2. The number of aryl methyl sites for hydroxylation is 1. The van der Waals surface area contributed by atoms with Gasteiger partial charge in [-0.05, 0) is 55.0 Å². The Morgan fingerprint density at radius 1 is 1.24 bits per heavy atom. The van der Waals surface area contributed by atoms with Gasteiger partial charge in [0.1, 0.15) is 0 Å². The molecule has 0 radical (unpaired) electrons. The standard InChI is InChI=1S/C15H19IN2O2S/c1-15(2,3)21(19,20)9-8-18-11-12(10-17-18)13-6-4-5-7-14(13)16/h4-7,10-11H,8-9H2,1-3H3. The Balaban J connectivity index is 2.14. The van der Waals surface area contributed by atoms with Crippen LogP contribution in [0.2, 0.25) is 0 Å². The minimum absolute atomic E-state index is 0.101. The average molecular weight is 418 g/mol. The number of rotatable bonds is 4. The van der Waals surface area contributed by atoms with Gasteiger partial charge in [-0.25, -0.2) is 8.42 Å². The molecule has 0 fully saturated rings. The van der Waals surface area contributed by atoms with Crippen molar-refractivity contribution < 1.29 is 8.42 Å². The summed E-state index contributed by atoms with van der Waals surface area (Å²) in [5.74, 6) is 0.101. The number of nitrogens with zero attached hydrogens (tertiary/aromatic N) is 2. The van der Waals surface area contributed by atoms with Crippen LogP contribution in [0.1, 0.15) is 20.8 Å². The van der Waals surface area contributed by atoms with Crippen LogP contribution in [0.15, 0.2) is 36.7 Å². The maximum Gasteiger partial charge on any atom is 0.157 e. The Morgan fingerprint density at radius 2 is 1.90 bits per heavy atom. The Bertz CT molecular complexity index is 730. The summed E-state index contributed by atoms with van der Waals surface area (Å²) >= 11 is 2.28. The molecule has 0 aliphatic rings. The van der Waals surface area contributed by atoms with Crippen molar-refractivity contribution in [2.75, 3.05) is 5.75 Å². The molecule has 1 aromatic heterocycles. The van der Waals surface area contributed by atoms with Crippen molar-refractivity contribution in [2.24, 2.45) is 0 Å². The smallest absolute Gasteiger partial charge is 0.157 e. The van der Waals surface area contributed by atoms with E-state index in [1.165, 1.54) is 0 Å². The van der Waals surface area contributed by atoms with Crippen molar-refractivity contribution in [3.63, 3.8) is 0 Å².